The van der Waals surface area contributed by atoms with Gasteiger partial charge in [0.15, 0.2) is 0 Å². The number of amides is 1. The van der Waals surface area contributed by atoms with Crippen LogP contribution in [0, 0.1) is 0 Å². The first-order valence-corrected chi connectivity index (χ1v) is 9.15. The van der Waals surface area contributed by atoms with Crippen LogP contribution in [-0.2, 0) is 0 Å². The Bertz CT molecular complexity index is 933. The second-order valence-corrected chi connectivity index (χ2v) is 6.80. The van der Waals surface area contributed by atoms with Gasteiger partial charge in [-0.3, -0.25) is 4.79 Å². The zero-order chi connectivity index (χ0) is 18.8. The summed E-state index contributed by atoms with van der Waals surface area (Å²) in [4.78, 5) is 23.2. The molecule has 2 aromatic carbocycles. The van der Waals surface area contributed by atoms with Crippen LogP contribution >= 0.6 is 0 Å². The Morgan fingerprint density at radius 2 is 2.04 bits per heavy atom. The summed E-state index contributed by atoms with van der Waals surface area (Å²) in [5.74, 6) is 2.32. The smallest absolute Gasteiger partial charge is 0.257 e. The van der Waals surface area contributed by atoms with Gasteiger partial charge in [0.2, 0.25) is 0 Å². The van der Waals surface area contributed by atoms with Gasteiger partial charge in [0.1, 0.15) is 17.3 Å². The summed E-state index contributed by atoms with van der Waals surface area (Å²) in [6, 6.07) is 13.3. The lowest BCUT2D eigenvalue weighted by Crippen LogP contribution is -2.39. The summed E-state index contributed by atoms with van der Waals surface area (Å²) in [5.41, 5.74) is 2.53. The minimum Gasteiger partial charge on any atom is -0.497 e. The van der Waals surface area contributed by atoms with Gasteiger partial charge < -0.3 is 19.4 Å². The number of hydrogen-bond donors (Lipinski definition) is 1. The molecule has 0 bridgehead atoms. The molecule has 1 aliphatic rings. The number of para-hydroxylation sites is 2. The summed E-state index contributed by atoms with van der Waals surface area (Å²) in [7, 11) is 3.17. The van der Waals surface area contributed by atoms with Crippen molar-refractivity contribution in [3.8, 4) is 11.5 Å². The monoisotopic (exact) mass is 365 g/mol. The number of likely N-dealkylation sites (tertiary alicyclic amines) is 1. The van der Waals surface area contributed by atoms with Crippen LogP contribution in [-0.4, -0.2) is 48.1 Å². The van der Waals surface area contributed by atoms with Gasteiger partial charge in [-0.1, -0.05) is 12.1 Å². The number of imidazole rings is 1. The Morgan fingerprint density at radius 3 is 2.81 bits per heavy atom. The number of methoxy groups -OCH3 is 2. The van der Waals surface area contributed by atoms with Crippen molar-refractivity contribution in [3.63, 3.8) is 0 Å². The average Bonchev–Trinajstić information content (AvgIpc) is 3.17. The molecule has 4 rings (SSSR count). The van der Waals surface area contributed by atoms with E-state index in [-0.39, 0.29) is 11.8 Å². The summed E-state index contributed by atoms with van der Waals surface area (Å²) in [5, 5.41) is 0. The van der Waals surface area contributed by atoms with Crippen LogP contribution in [0.1, 0.15) is 34.9 Å². The van der Waals surface area contributed by atoms with Gasteiger partial charge in [-0.2, -0.15) is 0 Å². The zero-order valence-corrected chi connectivity index (χ0v) is 15.6. The van der Waals surface area contributed by atoms with Gasteiger partial charge in [0.05, 0.1) is 30.8 Å². The molecule has 0 saturated carbocycles. The molecule has 1 atom stereocenters. The van der Waals surface area contributed by atoms with E-state index in [1.807, 2.05) is 29.2 Å². The lowest BCUT2D eigenvalue weighted by Gasteiger charge is -2.32. The van der Waals surface area contributed by atoms with E-state index in [2.05, 4.69) is 4.98 Å². The second-order valence-electron chi connectivity index (χ2n) is 6.80. The predicted octanol–water partition coefficient (Wildman–Crippen LogP) is 3.60. The van der Waals surface area contributed by atoms with E-state index in [9.17, 15) is 4.79 Å². The number of H-pyrrole nitrogens is 1. The van der Waals surface area contributed by atoms with Crippen molar-refractivity contribution in [2.24, 2.45) is 0 Å². The lowest BCUT2D eigenvalue weighted by molar-refractivity contribution is 0.0701. The van der Waals surface area contributed by atoms with E-state index < -0.39 is 0 Å². The molecule has 1 N–H and O–H groups in total. The number of nitrogens with zero attached hydrogens (tertiary/aromatic N) is 2. The fourth-order valence-corrected chi connectivity index (χ4v) is 3.70. The van der Waals surface area contributed by atoms with Crippen molar-refractivity contribution in [2.45, 2.75) is 18.8 Å². The fourth-order valence-electron chi connectivity index (χ4n) is 3.70. The highest BCUT2D eigenvalue weighted by Gasteiger charge is 2.29. The first-order valence-electron chi connectivity index (χ1n) is 9.15. The molecule has 1 aromatic heterocycles. The first kappa shape index (κ1) is 17.4. The molecule has 0 spiro atoms. The number of piperidine rings is 1. The number of carbonyl (C=O) groups is 1. The van der Waals surface area contributed by atoms with Crippen LogP contribution < -0.4 is 9.47 Å². The molecule has 2 heterocycles. The third-order valence-electron chi connectivity index (χ3n) is 5.14. The van der Waals surface area contributed by atoms with Crippen molar-refractivity contribution in [3.05, 3.63) is 53.9 Å². The van der Waals surface area contributed by atoms with Gasteiger partial charge in [0.25, 0.3) is 5.91 Å². The maximum Gasteiger partial charge on any atom is 0.257 e. The summed E-state index contributed by atoms with van der Waals surface area (Å²) in [6.45, 7) is 1.37. The predicted molar refractivity (Wildman–Crippen MR) is 104 cm³/mol. The van der Waals surface area contributed by atoms with E-state index in [1.54, 1.807) is 32.4 Å². The van der Waals surface area contributed by atoms with E-state index in [4.69, 9.17) is 14.5 Å². The number of carbonyl (C=O) groups excluding carboxylic acids is 1. The molecule has 3 aromatic rings. The lowest BCUT2D eigenvalue weighted by atomic mass is 9.96. The highest BCUT2D eigenvalue weighted by Crippen LogP contribution is 2.30. The van der Waals surface area contributed by atoms with Crippen molar-refractivity contribution < 1.29 is 14.3 Å². The molecule has 6 nitrogen and oxygen atoms in total. The van der Waals surface area contributed by atoms with Crippen LogP contribution in [0.3, 0.4) is 0 Å². The highest BCUT2D eigenvalue weighted by atomic mass is 16.5. The topological polar surface area (TPSA) is 67.5 Å². The second kappa shape index (κ2) is 7.31. The van der Waals surface area contributed by atoms with E-state index in [0.29, 0.717) is 23.6 Å². The fraction of sp³-hybridized carbons (Fsp3) is 0.333. The van der Waals surface area contributed by atoms with E-state index in [1.165, 1.54) is 0 Å². The van der Waals surface area contributed by atoms with E-state index in [0.717, 1.165) is 36.2 Å². The molecule has 1 unspecified atom stereocenters. The molecule has 1 aliphatic heterocycles. The van der Waals surface area contributed by atoms with Crippen molar-refractivity contribution in [1.82, 2.24) is 14.9 Å². The highest BCUT2D eigenvalue weighted by molar-refractivity contribution is 5.97. The number of fused-ring (bicyclic) bond motifs is 1. The van der Waals surface area contributed by atoms with Crippen LogP contribution in [0.25, 0.3) is 11.0 Å². The number of rotatable bonds is 4. The van der Waals surface area contributed by atoms with Crippen LogP contribution in [0.5, 0.6) is 11.5 Å². The number of hydrogen-bond acceptors (Lipinski definition) is 4. The number of ether oxygens (including phenoxy) is 2. The number of benzene rings is 2. The van der Waals surface area contributed by atoms with Crippen molar-refractivity contribution in [1.29, 1.82) is 0 Å². The standard InChI is InChI=1S/C21H23N3O3/c1-26-15-9-10-19(27-2)16(12-15)21(25)24-11-5-6-14(13-24)20-22-17-7-3-4-8-18(17)23-20/h3-4,7-10,12,14H,5-6,11,13H2,1-2H3,(H,22,23). The molecular weight excluding hydrogens is 342 g/mol. The molecule has 1 saturated heterocycles. The average molecular weight is 365 g/mol. The third kappa shape index (κ3) is 3.35. The zero-order valence-electron chi connectivity index (χ0n) is 15.6. The Hall–Kier alpha value is -3.02. The number of aromatic nitrogens is 2. The van der Waals surface area contributed by atoms with Gasteiger partial charge in [-0.25, -0.2) is 4.98 Å². The summed E-state index contributed by atoms with van der Waals surface area (Å²) < 4.78 is 10.7. The maximum absolute atomic E-state index is 13.2. The SMILES string of the molecule is COc1ccc(OC)c(C(=O)N2CCCC(c3nc4ccccc4[nH]3)C2)c1. The maximum atomic E-state index is 13.2. The molecule has 1 fully saturated rings. The quantitative estimate of drug-likeness (QED) is 0.767. The molecule has 0 radical (unpaired) electrons. The molecule has 1 amide bonds. The normalized spacial score (nSPS) is 17.1. The molecule has 27 heavy (non-hydrogen) atoms. The summed E-state index contributed by atoms with van der Waals surface area (Å²) >= 11 is 0. The molecule has 6 heteroatoms. The minimum absolute atomic E-state index is 0.0356. The Kier molecular flexibility index (Phi) is 4.71. The Balaban J connectivity index is 1.58. The number of aromatic amines is 1. The molecule has 0 aliphatic carbocycles. The third-order valence-corrected chi connectivity index (χ3v) is 5.14. The molecule has 140 valence electrons. The van der Waals surface area contributed by atoms with Crippen molar-refractivity contribution >= 4 is 16.9 Å². The Morgan fingerprint density at radius 1 is 1.19 bits per heavy atom. The number of nitrogens with one attached hydrogen (secondary N) is 1. The Labute approximate surface area is 158 Å². The van der Waals surface area contributed by atoms with Crippen LogP contribution in [0.2, 0.25) is 0 Å². The van der Waals surface area contributed by atoms with Gasteiger partial charge in [0, 0.05) is 19.0 Å². The minimum atomic E-state index is -0.0356. The van der Waals surface area contributed by atoms with Gasteiger partial charge in [-0.15, -0.1) is 0 Å². The first-order chi connectivity index (χ1) is 13.2. The van der Waals surface area contributed by atoms with Crippen molar-refractivity contribution in [2.75, 3.05) is 27.3 Å². The van der Waals surface area contributed by atoms with Crippen LogP contribution in [0.4, 0.5) is 0 Å². The van der Waals surface area contributed by atoms with Crippen LogP contribution in [0.15, 0.2) is 42.5 Å². The molecular formula is C21H23N3O3. The largest absolute Gasteiger partial charge is 0.497 e. The summed E-state index contributed by atoms with van der Waals surface area (Å²) in [6.07, 6.45) is 1.96. The van der Waals surface area contributed by atoms with E-state index >= 15 is 0 Å². The van der Waals surface area contributed by atoms with Gasteiger partial charge in [-0.05, 0) is 43.2 Å². The van der Waals surface area contributed by atoms with Gasteiger partial charge >= 0.3 is 0 Å².